The fraction of sp³-hybridized carbons (Fsp3) is 0.0667. The molecule has 1 heterocycles. The van der Waals surface area contributed by atoms with Crippen LogP contribution in [-0.4, -0.2) is 15.0 Å². The number of benzene rings is 2. The quantitative estimate of drug-likeness (QED) is 0.650. The standard InChI is InChI=1S/C15H11FIN3/c16-13-8-6-11(7-9-13)10-20-15(17)14(18-19-20)12-4-2-1-3-5-12/h1-9H,10H2. The highest BCUT2D eigenvalue weighted by atomic mass is 127. The summed E-state index contributed by atoms with van der Waals surface area (Å²) in [4.78, 5) is 0. The molecule has 0 aliphatic heterocycles. The molecule has 20 heavy (non-hydrogen) atoms. The maximum absolute atomic E-state index is 12.9. The predicted molar refractivity (Wildman–Crippen MR) is 83.7 cm³/mol. The van der Waals surface area contributed by atoms with E-state index in [1.165, 1.54) is 12.1 Å². The van der Waals surface area contributed by atoms with E-state index in [-0.39, 0.29) is 5.82 Å². The molecule has 0 bridgehead atoms. The number of rotatable bonds is 3. The van der Waals surface area contributed by atoms with Gasteiger partial charge in [0.25, 0.3) is 0 Å². The van der Waals surface area contributed by atoms with Gasteiger partial charge in [-0.05, 0) is 40.3 Å². The minimum absolute atomic E-state index is 0.230. The third-order valence-corrected chi connectivity index (χ3v) is 4.04. The highest BCUT2D eigenvalue weighted by molar-refractivity contribution is 14.1. The van der Waals surface area contributed by atoms with Gasteiger partial charge in [-0.15, -0.1) is 5.10 Å². The molecule has 2 aromatic carbocycles. The van der Waals surface area contributed by atoms with Crippen LogP contribution in [0.3, 0.4) is 0 Å². The number of halogens is 2. The van der Waals surface area contributed by atoms with Gasteiger partial charge < -0.3 is 0 Å². The molecule has 0 fully saturated rings. The molecular formula is C15H11FIN3. The largest absolute Gasteiger partial charge is 0.234 e. The molecule has 3 nitrogen and oxygen atoms in total. The second-order valence-electron chi connectivity index (χ2n) is 4.38. The molecule has 3 rings (SSSR count). The van der Waals surface area contributed by atoms with Crippen LogP contribution >= 0.6 is 22.6 Å². The molecule has 3 aromatic rings. The molecule has 0 saturated heterocycles. The molecule has 5 heteroatoms. The number of hydrogen-bond donors (Lipinski definition) is 0. The van der Waals surface area contributed by atoms with Crippen molar-refractivity contribution in [2.75, 3.05) is 0 Å². The van der Waals surface area contributed by atoms with Crippen LogP contribution in [0, 0.1) is 9.52 Å². The first kappa shape index (κ1) is 13.2. The summed E-state index contributed by atoms with van der Waals surface area (Å²) >= 11 is 2.24. The van der Waals surface area contributed by atoms with E-state index in [9.17, 15) is 4.39 Å². The van der Waals surface area contributed by atoms with Crippen molar-refractivity contribution in [1.29, 1.82) is 0 Å². The first-order valence-corrected chi connectivity index (χ1v) is 7.21. The molecule has 0 saturated carbocycles. The molecular weight excluding hydrogens is 368 g/mol. The lowest BCUT2D eigenvalue weighted by atomic mass is 10.2. The molecule has 0 unspecified atom stereocenters. The Labute approximate surface area is 129 Å². The van der Waals surface area contributed by atoms with E-state index in [4.69, 9.17) is 0 Å². The van der Waals surface area contributed by atoms with Crippen LogP contribution in [0.4, 0.5) is 4.39 Å². The first-order chi connectivity index (χ1) is 9.74. The fourth-order valence-electron chi connectivity index (χ4n) is 1.94. The van der Waals surface area contributed by atoms with Crippen molar-refractivity contribution in [3.8, 4) is 11.3 Å². The lowest BCUT2D eigenvalue weighted by molar-refractivity contribution is 0.618. The van der Waals surface area contributed by atoms with Crippen molar-refractivity contribution in [2.24, 2.45) is 0 Å². The van der Waals surface area contributed by atoms with Gasteiger partial charge in [0, 0.05) is 5.56 Å². The summed E-state index contributed by atoms with van der Waals surface area (Å²) in [5.41, 5.74) is 2.91. The van der Waals surface area contributed by atoms with E-state index < -0.39 is 0 Å². The summed E-state index contributed by atoms with van der Waals surface area (Å²) in [6, 6.07) is 16.4. The van der Waals surface area contributed by atoms with Gasteiger partial charge in [0.1, 0.15) is 15.2 Å². The van der Waals surface area contributed by atoms with Crippen molar-refractivity contribution in [3.05, 3.63) is 69.7 Å². The summed E-state index contributed by atoms with van der Waals surface area (Å²) in [6.07, 6.45) is 0. The van der Waals surface area contributed by atoms with Crippen LogP contribution in [0.2, 0.25) is 0 Å². The molecule has 0 atom stereocenters. The Hall–Kier alpha value is -1.76. The lowest BCUT2D eigenvalue weighted by Crippen LogP contribution is -2.04. The number of nitrogens with zero attached hydrogens (tertiary/aromatic N) is 3. The summed E-state index contributed by atoms with van der Waals surface area (Å²) < 4.78 is 15.7. The minimum Gasteiger partial charge on any atom is -0.234 e. The summed E-state index contributed by atoms with van der Waals surface area (Å²) in [5.74, 6) is -0.230. The van der Waals surface area contributed by atoms with E-state index in [2.05, 4.69) is 32.9 Å². The van der Waals surface area contributed by atoms with Crippen LogP contribution in [0.5, 0.6) is 0 Å². The van der Waals surface area contributed by atoms with Gasteiger partial charge in [-0.1, -0.05) is 47.7 Å². The van der Waals surface area contributed by atoms with E-state index in [0.29, 0.717) is 6.54 Å². The van der Waals surface area contributed by atoms with Crippen molar-refractivity contribution < 1.29 is 4.39 Å². The van der Waals surface area contributed by atoms with Gasteiger partial charge >= 0.3 is 0 Å². The molecule has 0 amide bonds. The fourth-order valence-corrected chi connectivity index (χ4v) is 2.62. The molecule has 0 N–H and O–H groups in total. The zero-order valence-electron chi connectivity index (χ0n) is 10.5. The van der Waals surface area contributed by atoms with E-state index in [1.54, 1.807) is 12.1 Å². The maximum atomic E-state index is 12.9. The highest BCUT2D eigenvalue weighted by Crippen LogP contribution is 2.22. The number of hydrogen-bond acceptors (Lipinski definition) is 2. The van der Waals surface area contributed by atoms with Crippen LogP contribution in [-0.2, 0) is 6.54 Å². The summed E-state index contributed by atoms with van der Waals surface area (Å²) in [5, 5.41) is 8.41. The molecule has 0 aliphatic rings. The third-order valence-electron chi connectivity index (χ3n) is 2.97. The summed E-state index contributed by atoms with van der Waals surface area (Å²) in [6.45, 7) is 0.582. The molecule has 0 spiro atoms. The smallest absolute Gasteiger partial charge is 0.127 e. The van der Waals surface area contributed by atoms with E-state index in [1.807, 2.05) is 35.0 Å². The maximum Gasteiger partial charge on any atom is 0.127 e. The first-order valence-electron chi connectivity index (χ1n) is 6.13. The average molecular weight is 379 g/mol. The van der Waals surface area contributed by atoms with Crippen molar-refractivity contribution in [3.63, 3.8) is 0 Å². The topological polar surface area (TPSA) is 30.7 Å². The minimum atomic E-state index is -0.230. The van der Waals surface area contributed by atoms with Crippen LogP contribution < -0.4 is 0 Å². The Morgan fingerprint density at radius 3 is 2.40 bits per heavy atom. The second kappa shape index (κ2) is 5.70. The third kappa shape index (κ3) is 2.72. The number of aromatic nitrogens is 3. The zero-order chi connectivity index (χ0) is 13.9. The van der Waals surface area contributed by atoms with Crippen molar-refractivity contribution >= 4 is 22.6 Å². The van der Waals surface area contributed by atoms with Gasteiger partial charge in [-0.2, -0.15) is 0 Å². The molecule has 0 radical (unpaired) electrons. The van der Waals surface area contributed by atoms with Crippen LogP contribution in [0.1, 0.15) is 5.56 Å². The Morgan fingerprint density at radius 1 is 1.00 bits per heavy atom. The van der Waals surface area contributed by atoms with Crippen LogP contribution in [0.25, 0.3) is 11.3 Å². The highest BCUT2D eigenvalue weighted by Gasteiger charge is 2.11. The predicted octanol–water partition coefficient (Wildman–Crippen LogP) is 3.74. The van der Waals surface area contributed by atoms with Crippen molar-refractivity contribution in [2.45, 2.75) is 6.54 Å². The molecule has 1 aromatic heterocycles. The van der Waals surface area contributed by atoms with E-state index >= 15 is 0 Å². The Bertz CT molecular complexity index is 708. The van der Waals surface area contributed by atoms with Crippen LogP contribution in [0.15, 0.2) is 54.6 Å². The molecule has 100 valence electrons. The monoisotopic (exact) mass is 379 g/mol. The Morgan fingerprint density at radius 2 is 1.70 bits per heavy atom. The Balaban J connectivity index is 1.89. The van der Waals surface area contributed by atoms with Gasteiger partial charge in [0.05, 0.1) is 6.54 Å². The SMILES string of the molecule is Fc1ccc(Cn2nnc(-c3ccccc3)c2I)cc1. The van der Waals surface area contributed by atoms with Gasteiger partial charge in [-0.3, -0.25) is 0 Å². The van der Waals surface area contributed by atoms with Gasteiger partial charge in [-0.25, -0.2) is 9.07 Å². The molecule has 0 aliphatic carbocycles. The van der Waals surface area contributed by atoms with Crippen molar-refractivity contribution in [1.82, 2.24) is 15.0 Å². The average Bonchev–Trinajstić information content (AvgIpc) is 2.84. The summed E-state index contributed by atoms with van der Waals surface area (Å²) in [7, 11) is 0. The normalized spacial score (nSPS) is 10.7. The van der Waals surface area contributed by atoms with Gasteiger partial charge in [0.2, 0.25) is 0 Å². The van der Waals surface area contributed by atoms with Gasteiger partial charge in [0.15, 0.2) is 0 Å². The second-order valence-corrected chi connectivity index (χ2v) is 5.40. The Kier molecular flexibility index (Phi) is 3.77. The van der Waals surface area contributed by atoms with E-state index in [0.717, 1.165) is 20.5 Å². The zero-order valence-corrected chi connectivity index (χ0v) is 12.7. The lowest BCUT2D eigenvalue weighted by Gasteiger charge is -2.03.